The van der Waals surface area contributed by atoms with Crippen LogP contribution in [0.2, 0.25) is 0 Å². The minimum absolute atomic E-state index is 0.00793. The number of methoxy groups -OCH3 is 1. The second-order valence-corrected chi connectivity index (χ2v) is 6.15. The Labute approximate surface area is 130 Å². The first-order chi connectivity index (χ1) is 10.4. The predicted molar refractivity (Wildman–Crippen MR) is 82.8 cm³/mol. The van der Waals surface area contributed by atoms with Crippen molar-refractivity contribution in [2.24, 2.45) is 5.92 Å². The maximum Gasteiger partial charge on any atom is 0.305 e. The molecule has 1 saturated carbocycles. The van der Waals surface area contributed by atoms with Crippen molar-refractivity contribution < 1.29 is 19.4 Å². The number of carbonyl (C=O) groups excluding carboxylic acids is 1. The van der Waals surface area contributed by atoms with Crippen molar-refractivity contribution >= 4 is 11.9 Å². The number of carbonyl (C=O) groups is 2. The molecule has 2 N–H and O–H groups in total. The predicted octanol–water partition coefficient (Wildman–Crippen LogP) is 2.39. The van der Waals surface area contributed by atoms with E-state index in [1.165, 1.54) is 0 Å². The first kappa shape index (κ1) is 16.3. The molecule has 5 heteroatoms. The Bertz CT molecular complexity index is 534. The molecule has 1 aliphatic rings. The van der Waals surface area contributed by atoms with Crippen molar-refractivity contribution in [1.82, 2.24) is 5.32 Å². The lowest BCUT2D eigenvalue weighted by molar-refractivity contribution is -0.140. The van der Waals surface area contributed by atoms with Gasteiger partial charge in [0.15, 0.2) is 0 Å². The van der Waals surface area contributed by atoms with Crippen LogP contribution in [0.5, 0.6) is 5.75 Å². The van der Waals surface area contributed by atoms with Gasteiger partial charge in [-0.1, -0.05) is 19.1 Å². The number of benzene rings is 1. The van der Waals surface area contributed by atoms with Crippen LogP contribution >= 0.6 is 0 Å². The summed E-state index contributed by atoms with van der Waals surface area (Å²) in [6.45, 7) is 1.87. The number of amides is 1. The molecule has 1 aliphatic carbocycles. The molecule has 0 aromatic heterocycles. The van der Waals surface area contributed by atoms with Crippen LogP contribution in [-0.2, 0) is 16.0 Å². The zero-order valence-electron chi connectivity index (χ0n) is 13.1. The molecule has 1 aromatic rings. The van der Waals surface area contributed by atoms with E-state index in [4.69, 9.17) is 9.84 Å². The smallest absolute Gasteiger partial charge is 0.305 e. The maximum atomic E-state index is 12.3. The normalized spacial score (nSPS) is 17.2. The van der Waals surface area contributed by atoms with E-state index in [0.717, 1.165) is 30.6 Å². The number of carboxylic acid groups (broad SMARTS) is 1. The van der Waals surface area contributed by atoms with Crippen molar-refractivity contribution in [3.8, 4) is 5.75 Å². The molecule has 0 heterocycles. The van der Waals surface area contributed by atoms with Gasteiger partial charge in [0.1, 0.15) is 5.75 Å². The van der Waals surface area contributed by atoms with Crippen LogP contribution in [0.15, 0.2) is 24.3 Å². The molecule has 1 unspecified atom stereocenters. The van der Waals surface area contributed by atoms with Gasteiger partial charge in [-0.25, -0.2) is 0 Å². The quantitative estimate of drug-likeness (QED) is 0.811. The minimum Gasteiger partial charge on any atom is -0.497 e. The summed E-state index contributed by atoms with van der Waals surface area (Å²) in [5.74, 6) is -0.338. The van der Waals surface area contributed by atoms with Crippen LogP contribution < -0.4 is 10.1 Å². The lowest BCUT2D eigenvalue weighted by Crippen LogP contribution is -2.56. The summed E-state index contributed by atoms with van der Waals surface area (Å²) in [7, 11) is 1.62. The van der Waals surface area contributed by atoms with Gasteiger partial charge in [-0.15, -0.1) is 0 Å². The lowest BCUT2D eigenvalue weighted by Gasteiger charge is -2.42. The Morgan fingerprint density at radius 3 is 2.41 bits per heavy atom. The molecule has 0 bridgehead atoms. The molecule has 1 fully saturated rings. The molecule has 5 nitrogen and oxygen atoms in total. The molecule has 0 spiro atoms. The molecule has 0 aliphatic heterocycles. The monoisotopic (exact) mass is 305 g/mol. The third kappa shape index (κ3) is 4.00. The van der Waals surface area contributed by atoms with Gasteiger partial charge < -0.3 is 15.2 Å². The maximum absolute atomic E-state index is 12.3. The highest BCUT2D eigenvalue weighted by molar-refractivity contribution is 5.80. The lowest BCUT2D eigenvalue weighted by atomic mass is 9.74. The van der Waals surface area contributed by atoms with Crippen molar-refractivity contribution in [3.05, 3.63) is 29.8 Å². The molecule has 0 saturated heterocycles. The minimum atomic E-state index is -0.859. The summed E-state index contributed by atoms with van der Waals surface area (Å²) in [5, 5.41) is 11.9. The van der Waals surface area contributed by atoms with Crippen molar-refractivity contribution in [2.45, 2.75) is 44.6 Å². The summed E-state index contributed by atoms with van der Waals surface area (Å²) in [6, 6.07) is 7.63. The number of hydrogen-bond donors (Lipinski definition) is 2. The fourth-order valence-corrected chi connectivity index (χ4v) is 2.83. The van der Waals surface area contributed by atoms with Crippen LogP contribution in [0, 0.1) is 5.92 Å². The first-order valence-electron chi connectivity index (χ1n) is 7.61. The van der Waals surface area contributed by atoms with Crippen molar-refractivity contribution in [3.63, 3.8) is 0 Å². The number of hydrogen-bond acceptors (Lipinski definition) is 3. The van der Waals surface area contributed by atoms with E-state index in [9.17, 15) is 9.59 Å². The van der Waals surface area contributed by atoms with E-state index >= 15 is 0 Å². The Kier molecular flexibility index (Phi) is 5.06. The highest BCUT2D eigenvalue weighted by atomic mass is 16.5. The molecule has 22 heavy (non-hydrogen) atoms. The van der Waals surface area contributed by atoms with E-state index in [2.05, 4.69) is 5.32 Å². The zero-order valence-corrected chi connectivity index (χ0v) is 13.1. The summed E-state index contributed by atoms with van der Waals surface area (Å²) >= 11 is 0. The molecular formula is C17H23NO4. The number of rotatable bonds is 7. The summed E-state index contributed by atoms with van der Waals surface area (Å²) in [5.41, 5.74) is 0.529. The second kappa shape index (κ2) is 6.81. The number of nitrogens with one attached hydrogen (secondary N) is 1. The number of aliphatic carboxylic acids is 1. The number of ether oxygens (including phenoxy) is 1. The van der Waals surface area contributed by atoms with E-state index in [1.807, 2.05) is 31.2 Å². The average molecular weight is 305 g/mol. The summed E-state index contributed by atoms with van der Waals surface area (Å²) < 4.78 is 5.11. The fourth-order valence-electron chi connectivity index (χ4n) is 2.83. The molecule has 0 radical (unpaired) electrons. The van der Waals surface area contributed by atoms with Gasteiger partial charge in [0, 0.05) is 5.92 Å². The Balaban J connectivity index is 1.92. The van der Waals surface area contributed by atoms with Gasteiger partial charge in [0.05, 0.1) is 19.1 Å². The largest absolute Gasteiger partial charge is 0.497 e. The topological polar surface area (TPSA) is 75.6 Å². The van der Waals surface area contributed by atoms with Gasteiger partial charge in [0.2, 0.25) is 5.91 Å². The molecule has 120 valence electrons. The van der Waals surface area contributed by atoms with Crippen LogP contribution in [-0.4, -0.2) is 29.6 Å². The van der Waals surface area contributed by atoms with Gasteiger partial charge in [-0.2, -0.15) is 0 Å². The van der Waals surface area contributed by atoms with E-state index in [1.54, 1.807) is 7.11 Å². The first-order valence-corrected chi connectivity index (χ1v) is 7.61. The van der Waals surface area contributed by atoms with Crippen molar-refractivity contribution in [2.75, 3.05) is 7.11 Å². The molecular weight excluding hydrogens is 282 g/mol. The summed E-state index contributed by atoms with van der Waals surface area (Å²) in [4.78, 5) is 23.3. The fraction of sp³-hybridized carbons (Fsp3) is 0.529. The van der Waals surface area contributed by atoms with Gasteiger partial charge in [-0.05, 0) is 43.4 Å². The van der Waals surface area contributed by atoms with E-state index < -0.39 is 11.5 Å². The molecule has 1 amide bonds. The molecule has 1 atom stereocenters. The highest BCUT2D eigenvalue weighted by Crippen LogP contribution is 2.35. The van der Waals surface area contributed by atoms with Crippen molar-refractivity contribution in [1.29, 1.82) is 0 Å². The van der Waals surface area contributed by atoms with E-state index in [-0.39, 0.29) is 18.2 Å². The van der Waals surface area contributed by atoms with Gasteiger partial charge in [0.25, 0.3) is 0 Å². The van der Waals surface area contributed by atoms with Crippen LogP contribution in [0.25, 0.3) is 0 Å². The second-order valence-electron chi connectivity index (χ2n) is 6.15. The Morgan fingerprint density at radius 2 is 1.95 bits per heavy atom. The Hall–Kier alpha value is -2.04. The Morgan fingerprint density at radius 1 is 1.32 bits per heavy atom. The summed E-state index contributed by atoms with van der Waals surface area (Å²) in [6.07, 6.45) is 3.11. The van der Waals surface area contributed by atoms with Crippen LogP contribution in [0.1, 0.15) is 38.2 Å². The molecule has 2 rings (SSSR count). The molecule has 1 aromatic carbocycles. The standard InChI is InChI=1S/C17H23NO4/c1-12(10-13-4-6-14(22-2)7-5-13)16(21)18-17(8-3-9-17)11-15(19)20/h4-7,12H,3,8-11H2,1-2H3,(H,18,21)(H,19,20). The van der Waals surface area contributed by atoms with Gasteiger partial charge >= 0.3 is 5.97 Å². The average Bonchev–Trinajstić information content (AvgIpc) is 2.45. The third-order valence-electron chi connectivity index (χ3n) is 4.34. The third-order valence-corrected chi connectivity index (χ3v) is 4.34. The van der Waals surface area contributed by atoms with E-state index in [0.29, 0.717) is 6.42 Å². The number of carboxylic acids is 1. The van der Waals surface area contributed by atoms with Gasteiger partial charge in [-0.3, -0.25) is 9.59 Å². The van der Waals surface area contributed by atoms with Crippen LogP contribution in [0.3, 0.4) is 0 Å². The van der Waals surface area contributed by atoms with Crippen LogP contribution in [0.4, 0.5) is 0 Å². The SMILES string of the molecule is COc1ccc(CC(C)C(=O)NC2(CC(=O)O)CCC2)cc1. The highest BCUT2D eigenvalue weighted by Gasteiger charge is 2.40. The zero-order chi connectivity index (χ0) is 16.2.